The molecule has 7 nitrogen and oxygen atoms in total. The van der Waals surface area contributed by atoms with Crippen LogP contribution in [0.1, 0.15) is 27.6 Å². The molecule has 5 aromatic rings. The molecule has 0 aliphatic carbocycles. The Labute approximate surface area is 194 Å². The number of oxazole rings is 1. The highest BCUT2D eigenvalue weighted by molar-refractivity contribution is 6.31. The van der Waals surface area contributed by atoms with Gasteiger partial charge in [-0.3, -0.25) is 14.9 Å². The lowest BCUT2D eigenvalue weighted by Crippen LogP contribution is -2.03. The lowest BCUT2D eigenvalue weighted by atomic mass is 10.0. The SMILES string of the molecule is Cc1ccc(C(=O)C(=Cc2ccc(-c3cccc([N+](=O)[O-])c3)o2)c2nc3ccccc3o2)cc1. The van der Waals surface area contributed by atoms with Gasteiger partial charge in [-0.25, -0.2) is 4.98 Å². The number of ketones is 1. The van der Waals surface area contributed by atoms with E-state index in [1.165, 1.54) is 12.1 Å². The van der Waals surface area contributed by atoms with E-state index in [-0.39, 0.29) is 22.9 Å². The molecule has 0 unspecified atom stereocenters. The molecule has 5 rings (SSSR count). The second-order valence-corrected chi connectivity index (χ2v) is 7.75. The maximum atomic E-state index is 13.4. The van der Waals surface area contributed by atoms with Crippen molar-refractivity contribution < 1.29 is 18.6 Å². The third kappa shape index (κ3) is 4.14. The van der Waals surface area contributed by atoms with E-state index in [1.807, 2.05) is 37.3 Å². The van der Waals surface area contributed by atoms with Gasteiger partial charge in [-0.2, -0.15) is 0 Å². The van der Waals surface area contributed by atoms with Gasteiger partial charge in [-0.05, 0) is 37.3 Å². The summed E-state index contributed by atoms with van der Waals surface area (Å²) >= 11 is 0. The van der Waals surface area contributed by atoms with Crippen LogP contribution in [0.4, 0.5) is 5.69 Å². The van der Waals surface area contributed by atoms with Gasteiger partial charge in [0.25, 0.3) is 5.69 Å². The first-order chi connectivity index (χ1) is 16.5. The van der Waals surface area contributed by atoms with Crippen LogP contribution in [0.25, 0.3) is 34.1 Å². The Morgan fingerprint density at radius 2 is 1.74 bits per heavy atom. The molecule has 0 spiro atoms. The van der Waals surface area contributed by atoms with Crippen LogP contribution in [0.3, 0.4) is 0 Å². The molecule has 0 atom stereocenters. The van der Waals surface area contributed by atoms with Crippen molar-refractivity contribution in [1.29, 1.82) is 0 Å². The van der Waals surface area contributed by atoms with Crippen molar-refractivity contribution in [1.82, 2.24) is 4.98 Å². The number of furan rings is 1. The number of benzene rings is 3. The van der Waals surface area contributed by atoms with Gasteiger partial charge in [-0.15, -0.1) is 0 Å². The molecule has 166 valence electrons. The maximum Gasteiger partial charge on any atom is 0.270 e. The van der Waals surface area contributed by atoms with E-state index in [4.69, 9.17) is 8.83 Å². The summed E-state index contributed by atoms with van der Waals surface area (Å²) in [5, 5.41) is 11.1. The first-order valence-corrected chi connectivity index (χ1v) is 10.5. The maximum absolute atomic E-state index is 13.4. The Hall–Kier alpha value is -4.78. The molecule has 34 heavy (non-hydrogen) atoms. The van der Waals surface area contributed by atoms with Crippen molar-refractivity contribution in [2.45, 2.75) is 6.92 Å². The van der Waals surface area contributed by atoms with Gasteiger partial charge < -0.3 is 8.83 Å². The standard InChI is InChI=1S/C27H18N2O5/c1-17-9-11-18(12-10-17)26(30)22(27-28-23-7-2-3-8-25(23)34-27)16-21-13-14-24(33-21)19-5-4-6-20(15-19)29(31)32/h2-16H,1H3. The van der Waals surface area contributed by atoms with Gasteiger partial charge in [0, 0.05) is 23.3 Å². The highest BCUT2D eigenvalue weighted by Gasteiger charge is 2.21. The fraction of sp³-hybridized carbons (Fsp3) is 0.0370. The number of carbonyl (C=O) groups excluding carboxylic acids is 1. The number of nitrogens with zero attached hydrogens (tertiary/aromatic N) is 2. The van der Waals surface area contributed by atoms with Crippen LogP contribution < -0.4 is 0 Å². The molecule has 0 amide bonds. The molecule has 3 aromatic carbocycles. The summed E-state index contributed by atoms with van der Waals surface area (Å²) in [6.07, 6.45) is 1.58. The summed E-state index contributed by atoms with van der Waals surface area (Å²) in [5.74, 6) is 0.744. The minimum absolute atomic E-state index is 0.0345. The normalized spacial score (nSPS) is 11.6. The second-order valence-electron chi connectivity index (χ2n) is 7.75. The minimum Gasteiger partial charge on any atom is -0.457 e. The first kappa shape index (κ1) is 21.1. The third-order valence-corrected chi connectivity index (χ3v) is 5.34. The first-order valence-electron chi connectivity index (χ1n) is 10.5. The topological polar surface area (TPSA) is 99.4 Å². The van der Waals surface area contributed by atoms with Crippen molar-refractivity contribution in [3.63, 3.8) is 0 Å². The third-order valence-electron chi connectivity index (χ3n) is 5.34. The average molecular weight is 450 g/mol. The zero-order valence-corrected chi connectivity index (χ0v) is 18.1. The Kier molecular flexibility index (Phi) is 5.35. The fourth-order valence-corrected chi connectivity index (χ4v) is 3.57. The van der Waals surface area contributed by atoms with Crippen LogP contribution in [0.2, 0.25) is 0 Å². The summed E-state index contributed by atoms with van der Waals surface area (Å²) in [4.78, 5) is 28.6. The summed E-state index contributed by atoms with van der Waals surface area (Å²) in [5.41, 5.74) is 3.49. The number of carbonyl (C=O) groups is 1. The number of fused-ring (bicyclic) bond motifs is 1. The van der Waals surface area contributed by atoms with Crippen LogP contribution in [0.15, 0.2) is 93.8 Å². The van der Waals surface area contributed by atoms with Crippen molar-refractivity contribution in [3.05, 3.63) is 118 Å². The molecule has 0 radical (unpaired) electrons. The molecule has 0 saturated heterocycles. The van der Waals surface area contributed by atoms with Gasteiger partial charge in [0.2, 0.25) is 5.89 Å². The highest BCUT2D eigenvalue weighted by atomic mass is 16.6. The molecule has 0 aliphatic heterocycles. The number of aryl methyl sites for hydroxylation is 1. The number of nitro benzene ring substituents is 1. The van der Waals surface area contributed by atoms with Gasteiger partial charge in [0.15, 0.2) is 11.4 Å². The molecule has 0 bridgehead atoms. The molecule has 7 heteroatoms. The molecule has 2 heterocycles. The van der Waals surface area contributed by atoms with Gasteiger partial charge in [0.1, 0.15) is 17.0 Å². The van der Waals surface area contributed by atoms with Crippen LogP contribution in [0.5, 0.6) is 0 Å². The fourth-order valence-electron chi connectivity index (χ4n) is 3.57. The number of allylic oxidation sites excluding steroid dienone is 1. The summed E-state index contributed by atoms with van der Waals surface area (Å²) in [6.45, 7) is 1.95. The Morgan fingerprint density at radius 1 is 0.941 bits per heavy atom. The predicted molar refractivity (Wildman–Crippen MR) is 128 cm³/mol. The molecular weight excluding hydrogens is 432 g/mol. The van der Waals surface area contributed by atoms with E-state index in [9.17, 15) is 14.9 Å². The van der Waals surface area contributed by atoms with Gasteiger partial charge in [0.05, 0.1) is 10.5 Å². The number of hydrogen-bond donors (Lipinski definition) is 0. The average Bonchev–Trinajstić information content (AvgIpc) is 3.50. The van der Waals surface area contributed by atoms with Gasteiger partial charge in [-0.1, -0.05) is 54.1 Å². The minimum atomic E-state index is -0.459. The number of Topliss-reactive ketones (excluding diaryl/α,β-unsaturated/α-hetero) is 1. The Morgan fingerprint density at radius 3 is 2.50 bits per heavy atom. The monoisotopic (exact) mass is 450 g/mol. The van der Waals surface area contributed by atoms with Crippen LogP contribution in [-0.2, 0) is 0 Å². The van der Waals surface area contributed by atoms with E-state index in [0.29, 0.717) is 33.7 Å². The molecular formula is C27H18N2O5. The number of aromatic nitrogens is 1. The predicted octanol–water partition coefficient (Wildman–Crippen LogP) is 6.73. The highest BCUT2D eigenvalue weighted by Crippen LogP contribution is 2.30. The van der Waals surface area contributed by atoms with Crippen LogP contribution in [-0.4, -0.2) is 15.7 Å². The van der Waals surface area contributed by atoms with E-state index in [1.54, 1.807) is 48.5 Å². The molecule has 0 fully saturated rings. The van der Waals surface area contributed by atoms with Crippen molar-refractivity contribution in [2.24, 2.45) is 0 Å². The number of non-ortho nitro benzene ring substituents is 1. The number of para-hydroxylation sites is 2. The Balaban J connectivity index is 1.58. The lowest BCUT2D eigenvalue weighted by Gasteiger charge is -2.04. The molecule has 0 N–H and O–H groups in total. The lowest BCUT2D eigenvalue weighted by molar-refractivity contribution is -0.384. The van der Waals surface area contributed by atoms with E-state index < -0.39 is 4.92 Å². The Bertz CT molecular complexity index is 1520. The van der Waals surface area contributed by atoms with Crippen molar-refractivity contribution in [2.75, 3.05) is 0 Å². The quantitative estimate of drug-likeness (QED) is 0.123. The summed E-state index contributed by atoms with van der Waals surface area (Å²) in [7, 11) is 0. The number of rotatable bonds is 6. The molecule has 0 aliphatic rings. The second kappa shape index (κ2) is 8.63. The smallest absolute Gasteiger partial charge is 0.270 e. The zero-order valence-electron chi connectivity index (χ0n) is 18.1. The molecule has 0 saturated carbocycles. The largest absolute Gasteiger partial charge is 0.457 e. The van der Waals surface area contributed by atoms with Crippen LogP contribution >= 0.6 is 0 Å². The number of nitro groups is 1. The zero-order chi connectivity index (χ0) is 23.7. The van der Waals surface area contributed by atoms with E-state index in [2.05, 4.69) is 4.98 Å². The summed E-state index contributed by atoms with van der Waals surface area (Å²) in [6, 6.07) is 24.1. The van der Waals surface area contributed by atoms with E-state index >= 15 is 0 Å². The molecule has 2 aromatic heterocycles. The van der Waals surface area contributed by atoms with Crippen molar-refractivity contribution >= 4 is 34.2 Å². The van der Waals surface area contributed by atoms with E-state index in [0.717, 1.165) is 5.56 Å². The van der Waals surface area contributed by atoms with Crippen LogP contribution in [0, 0.1) is 17.0 Å². The van der Waals surface area contributed by atoms with Gasteiger partial charge >= 0.3 is 0 Å². The van der Waals surface area contributed by atoms with Crippen molar-refractivity contribution in [3.8, 4) is 11.3 Å². The number of hydrogen-bond acceptors (Lipinski definition) is 6. The summed E-state index contributed by atoms with van der Waals surface area (Å²) < 4.78 is 11.8.